The van der Waals surface area contributed by atoms with Crippen LogP contribution in [0.4, 0.5) is 11.8 Å². The van der Waals surface area contributed by atoms with Gasteiger partial charge in [0, 0.05) is 35.3 Å². The van der Waals surface area contributed by atoms with Crippen LogP contribution in [0.3, 0.4) is 0 Å². The maximum absolute atomic E-state index is 6.06. The fourth-order valence-electron chi connectivity index (χ4n) is 2.85. The van der Waals surface area contributed by atoms with Gasteiger partial charge in [0.25, 0.3) is 0 Å². The van der Waals surface area contributed by atoms with E-state index in [1.54, 1.807) is 14.1 Å². The van der Waals surface area contributed by atoms with Gasteiger partial charge in [0.1, 0.15) is 0 Å². The number of nitrogens with one attached hydrogen (secondary N) is 2. The highest BCUT2D eigenvalue weighted by Gasteiger charge is 2.17. The summed E-state index contributed by atoms with van der Waals surface area (Å²) in [6, 6.07) is 15.0. The maximum atomic E-state index is 6.06. The minimum absolute atomic E-state index is 0.465. The van der Waals surface area contributed by atoms with Crippen molar-refractivity contribution in [1.82, 2.24) is 19.9 Å². The second-order valence-corrected chi connectivity index (χ2v) is 6.88. The lowest BCUT2D eigenvalue weighted by Crippen LogP contribution is -2.05. The minimum Gasteiger partial charge on any atom is -0.371 e. The molecule has 0 amide bonds. The molecule has 4 aromatic rings. The van der Waals surface area contributed by atoms with Crippen molar-refractivity contribution in [1.29, 1.82) is 0 Å². The van der Waals surface area contributed by atoms with E-state index in [1.165, 1.54) is 0 Å². The Labute approximate surface area is 172 Å². The van der Waals surface area contributed by atoms with Gasteiger partial charge >= 0.3 is 0 Å². The fraction of sp³-hybridized carbons (Fsp3) is 0.100. The molecule has 2 aromatic heterocycles. The summed E-state index contributed by atoms with van der Waals surface area (Å²) in [5.74, 6) is 1.06. The number of rotatable bonds is 4. The second kappa shape index (κ2) is 7.58. The molecule has 2 heterocycles. The number of benzene rings is 2. The largest absolute Gasteiger partial charge is 0.371 e. The Morgan fingerprint density at radius 1 is 0.643 bits per heavy atom. The van der Waals surface area contributed by atoms with Crippen molar-refractivity contribution in [3.63, 3.8) is 0 Å². The van der Waals surface area contributed by atoms with Crippen molar-refractivity contribution in [2.24, 2.45) is 0 Å². The van der Waals surface area contributed by atoms with E-state index < -0.39 is 0 Å². The molecule has 0 aliphatic carbocycles. The summed E-state index contributed by atoms with van der Waals surface area (Å²) in [5, 5.41) is 7.33. The van der Waals surface area contributed by atoms with Crippen LogP contribution in [0.1, 0.15) is 0 Å². The molecule has 0 spiro atoms. The Hall–Kier alpha value is -2.96. The van der Waals surface area contributed by atoms with E-state index >= 15 is 0 Å². The molecule has 0 atom stereocenters. The van der Waals surface area contributed by atoms with Crippen molar-refractivity contribution >= 4 is 46.1 Å². The third-order valence-electron chi connectivity index (χ3n) is 4.23. The van der Waals surface area contributed by atoms with Crippen LogP contribution in [0.2, 0.25) is 10.0 Å². The first-order chi connectivity index (χ1) is 13.6. The van der Waals surface area contributed by atoms with Gasteiger partial charge in [-0.2, -0.15) is 9.97 Å². The third-order valence-corrected chi connectivity index (χ3v) is 4.73. The van der Waals surface area contributed by atoms with E-state index in [9.17, 15) is 0 Å². The van der Waals surface area contributed by atoms with Crippen LogP contribution >= 0.6 is 23.2 Å². The molecule has 0 saturated heterocycles. The van der Waals surface area contributed by atoms with Gasteiger partial charge in [-0.3, -0.25) is 0 Å². The molecule has 0 unspecified atom stereocenters. The molecule has 0 bridgehead atoms. The number of fused-ring (bicyclic) bond motifs is 1. The van der Waals surface area contributed by atoms with E-state index in [0.29, 0.717) is 44.4 Å². The molecule has 0 fully saturated rings. The van der Waals surface area contributed by atoms with Gasteiger partial charge < -0.3 is 10.6 Å². The van der Waals surface area contributed by atoms with E-state index in [4.69, 9.17) is 33.2 Å². The monoisotopic (exact) mass is 410 g/mol. The van der Waals surface area contributed by atoms with Gasteiger partial charge in [0.05, 0.1) is 11.4 Å². The maximum Gasteiger partial charge on any atom is 0.226 e. The first kappa shape index (κ1) is 18.4. The summed E-state index contributed by atoms with van der Waals surface area (Å²) >= 11 is 12.1. The summed E-state index contributed by atoms with van der Waals surface area (Å²) in [6.45, 7) is 0. The first-order valence-corrected chi connectivity index (χ1v) is 9.32. The van der Waals surface area contributed by atoms with Gasteiger partial charge in [-0.15, -0.1) is 0 Å². The zero-order chi connectivity index (χ0) is 19.7. The third kappa shape index (κ3) is 3.44. The molecule has 28 heavy (non-hydrogen) atoms. The van der Waals surface area contributed by atoms with E-state index in [0.717, 1.165) is 11.1 Å². The molecular formula is C20H16Cl2N6. The van der Waals surface area contributed by atoms with Crippen LogP contribution in [0.15, 0.2) is 48.5 Å². The van der Waals surface area contributed by atoms with Crippen LogP contribution < -0.4 is 10.6 Å². The molecule has 6 nitrogen and oxygen atoms in total. The zero-order valence-corrected chi connectivity index (χ0v) is 16.7. The molecule has 0 aliphatic heterocycles. The minimum atomic E-state index is 0.465. The molecule has 2 N–H and O–H groups in total. The van der Waals surface area contributed by atoms with Crippen LogP contribution in [-0.2, 0) is 0 Å². The Morgan fingerprint density at radius 3 is 1.68 bits per heavy atom. The highest BCUT2D eigenvalue weighted by Crippen LogP contribution is 2.33. The predicted molar refractivity (Wildman–Crippen MR) is 115 cm³/mol. The molecule has 8 heteroatoms. The molecule has 4 rings (SSSR count). The summed E-state index contributed by atoms with van der Waals surface area (Å²) in [5.41, 5.74) is 4.27. The summed E-state index contributed by atoms with van der Waals surface area (Å²) in [4.78, 5) is 18.6. The van der Waals surface area contributed by atoms with Gasteiger partial charge in [-0.1, -0.05) is 47.5 Å². The van der Waals surface area contributed by atoms with E-state index in [-0.39, 0.29) is 0 Å². The molecule has 0 saturated carbocycles. The van der Waals surface area contributed by atoms with Crippen LogP contribution in [-0.4, -0.2) is 34.0 Å². The highest BCUT2D eigenvalue weighted by atomic mass is 35.5. The average Bonchev–Trinajstić information content (AvgIpc) is 2.73. The van der Waals surface area contributed by atoms with Gasteiger partial charge in [0.15, 0.2) is 17.0 Å². The lowest BCUT2D eigenvalue weighted by atomic mass is 10.0. The Balaban J connectivity index is 2.04. The normalized spacial score (nSPS) is 10.9. The first-order valence-electron chi connectivity index (χ1n) is 8.56. The van der Waals surface area contributed by atoms with Gasteiger partial charge in [0.2, 0.25) is 5.95 Å². The predicted octanol–water partition coefficient (Wildman–Crippen LogP) is 5.14. The number of hydrogen-bond acceptors (Lipinski definition) is 6. The number of nitrogens with zero attached hydrogens (tertiary/aromatic N) is 4. The van der Waals surface area contributed by atoms with Crippen molar-refractivity contribution in [2.45, 2.75) is 0 Å². The average molecular weight is 411 g/mol. The van der Waals surface area contributed by atoms with E-state index in [1.807, 2.05) is 48.5 Å². The van der Waals surface area contributed by atoms with Crippen molar-refractivity contribution in [3.05, 3.63) is 58.6 Å². The number of aromatic nitrogens is 4. The van der Waals surface area contributed by atoms with Crippen molar-refractivity contribution in [3.8, 4) is 22.5 Å². The SMILES string of the molecule is CNc1nc(NC)c2nc(-c3ccc(Cl)cc3)c(-c3ccc(Cl)cc3)nc2n1. The molecule has 2 aromatic carbocycles. The Morgan fingerprint density at radius 2 is 1.18 bits per heavy atom. The number of anilines is 2. The standard InChI is InChI=1S/C20H16Cl2N6/c1-23-18-17-19(28-20(24-2)27-18)26-16(12-5-9-14(22)10-6-12)15(25-17)11-3-7-13(21)8-4-11/h3-10H,1-2H3,(H2,23,24,26,27,28). The van der Waals surface area contributed by atoms with Gasteiger partial charge in [-0.05, 0) is 24.3 Å². The summed E-state index contributed by atoms with van der Waals surface area (Å²) in [6.07, 6.45) is 0. The van der Waals surface area contributed by atoms with Crippen LogP contribution in [0.5, 0.6) is 0 Å². The van der Waals surface area contributed by atoms with Crippen LogP contribution in [0, 0.1) is 0 Å². The Bertz CT molecular complexity index is 1140. The lowest BCUT2D eigenvalue weighted by Gasteiger charge is -2.13. The number of hydrogen-bond donors (Lipinski definition) is 2. The zero-order valence-electron chi connectivity index (χ0n) is 15.2. The lowest BCUT2D eigenvalue weighted by molar-refractivity contribution is 1.13. The van der Waals surface area contributed by atoms with Crippen molar-refractivity contribution < 1.29 is 0 Å². The quantitative estimate of drug-likeness (QED) is 0.484. The van der Waals surface area contributed by atoms with Crippen LogP contribution in [0.25, 0.3) is 33.7 Å². The smallest absolute Gasteiger partial charge is 0.226 e. The Kier molecular flexibility index (Phi) is 4.98. The second-order valence-electron chi connectivity index (χ2n) is 6.00. The number of halogens is 2. The van der Waals surface area contributed by atoms with Crippen molar-refractivity contribution in [2.75, 3.05) is 24.7 Å². The summed E-state index contributed by atoms with van der Waals surface area (Å²) < 4.78 is 0. The van der Waals surface area contributed by atoms with Gasteiger partial charge in [-0.25, -0.2) is 9.97 Å². The summed E-state index contributed by atoms with van der Waals surface area (Å²) in [7, 11) is 3.55. The highest BCUT2D eigenvalue weighted by molar-refractivity contribution is 6.31. The fourth-order valence-corrected chi connectivity index (χ4v) is 3.10. The molecule has 0 aliphatic rings. The van der Waals surface area contributed by atoms with E-state index in [2.05, 4.69) is 20.6 Å². The molecule has 140 valence electrons. The molecular weight excluding hydrogens is 395 g/mol. The molecule has 0 radical (unpaired) electrons. The topological polar surface area (TPSA) is 75.6 Å².